The van der Waals surface area contributed by atoms with Crippen molar-refractivity contribution in [1.82, 2.24) is 0 Å². The van der Waals surface area contributed by atoms with Crippen LogP contribution >= 0.6 is 8.60 Å². The Morgan fingerprint density at radius 2 is 0.958 bits per heavy atom. The van der Waals surface area contributed by atoms with Crippen molar-refractivity contribution in [2.45, 2.75) is 0 Å². The first-order chi connectivity index (χ1) is 23.6. The normalized spacial score (nSPS) is 11.3. The van der Waals surface area contributed by atoms with Gasteiger partial charge in [0.05, 0.1) is 0 Å². The molecule has 0 aliphatic rings. The Kier molecular flexibility index (Phi) is 8.02. The van der Waals surface area contributed by atoms with E-state index in [4.69, 9.17) is 4.52 Å². The number of benzene rings is 8. The van der Waals surface area contributed by atoms with Gasteiger partial charge in [0.1, 0.15) is 5.75 Å². The lowest BCUT2D eigenvalue weighted by Gasteiger charge is -2.21. The minimum Gasteiger partial charge on any atom is -0.426 e. The highest BCUT2D eigenvalue weighted by Crippen LogP contribution is 2.48. The van der Waals surface area contributed by atoms with Gasteiger partial charge in [0, 0.05) is 5.56 Å². The number of hydrogen-bond acceptors (Lipinski definition) is 3. The zero-order valence-corrected chi connectivity index (χ0v) is 26.9. The lowest BCUT2D eigenvalue weighted by molar-refractivity contribution is 0.375. The highest BCUT2D eigenvalue weighted by molar-refractivity contribution is 7.39. The summed E-state index contributed by atoms with van der Waals surface area (Å²) >= 11 is 0. The van der Waals surface area contributed by atoms with Gasteiger partial charge in [-0.15, -0.1) is 0 Å². The summed E-state index contributed by atoms with van der Waals surface area (Å²) in [5, 5.41) is 4.47. The first-order valence-corrected chi connectivity index (χ1v) is 17.1. The van der Waals surface area contributed by atoms with E-state index < -0.39 is 8.60 Å². The SMILES string of the molecule is OP(O)Oc1cccc(-c2cc3c(-c4ccccc4)cc(-c4ccccc4)cc3cc2-c2ccccc2)c1-c1ccc2ccccc2c1. The summed E-state index contributed by atoms with van der Waals surface area (Å²) in [6, 6.07) is 61.0. The Balaban J connectivity index is 1.46. The second-order valence-corrected chi connectivity index (χ2v) is 12.5. The van der Waals surface area contributed by atoms with Crippen molar-refractivity contribution in [2.24, 2.45) is 0 Å². The first-order valence-electron chi connectivity index (χ1n) is 15.9. The van der Waals surface area contributed by atoms with Crippen molar-refractivity contribution in [3.63, 3.8) is 0 Å². The summed E-state index contributed by atoms with van der Waals surface area (Å²) in [5.41, 5.74) is 10.4. The molecular weight excluding hydrogens is 607 g/mol. The Hall–Kier alpha value is -5.57. The molecule has 48 heavy (non-hydrogen) atoms. The van der Waals surface area contributed by atoms with Gasteiger partial charge in [0.25, 0.3) is 0 Å². The van der Waals surface area contributed by atoms with Crippen molar-refractivity contribution in [2.75, 3.05) is 0 Å². The lowest BCUT2D eigenvalue weighted by Crippen LogP contribution is -1.95. The zero-order valence-electron chi connectivity index (χ0n) is 26.0. The van der Waals surface area contributed by atoms with Crippen molar-refractivity contribution < 1.29 is 14.3 Å². The summed E-state index contributed by atoms with van der Waals surface area (Å²) in [5.74, 6) is 0.417. The molecule has 0 amide bonds. The second-order valence-electron chi connectivity index (χ2n) is 11.8. The van der Waals surface area contributed by atoms with Crippen molar-refractivity contribution in [3.8, 4) is 61.4 Å². The van der Waals surface area contributed by atoms with Crippen LogP contribution in [0.25, 0.3) is 77.2 Å². The smallest absolute Gasteiger partial charge is 0.391 e. The standard InChI is InChI=1S/C44H31O3P/c45-48(46)47-43-22-12-21-38(44(43)35-24-23-31-15-10-11-20-34(31)25-35)42-29-41-37(28-40(42)33-18-8-3-9-19-33)26-36(30-13-4-1-5-14-30)27-39(41)32-16-6-2-7-17-32/h1-29,45-46H. The van der Waals surface area contributed by atoms with E-state index in [9.17, 15) is 9.79 Å². The van der Waals surface area contributed by atoms with E-state index in [0.717, 1.165) is 77.2 Å². The van der Waals surface area contributed by atoms with E-state index in [2.05, 4.69) is 133 Å². The van der Waals surface area contributed by atoms with Gasteiger partial charge in [0.15, 0.2) is 0 Å². The molecule has 3 nitrogen and oxygen atoms in total. The minimum atomic E-state index is -2.64. The Morgan fingerprint density at radius 1 is 0.354 bits per heavy atom. The van der Waals surface area contributed by atoms with Crippen LogP contribution in [0.5, 0.6) is 5.75 Å². The third kappa shape index (κ3) is 5.76. The molecule has 0 atom stereocenters. The molecule has 0 radical (unpaired) electrons. The van der Waals surface area contributed by atoms with Gasteiger partial charge in [-0.3, -0.25) is 0 Å². The van der Waals surface area contributed by atoms with Gasteiger partial charge in [-0.05, 0) is 108 Å². The highest BCUT2D eigenvalue weighted by atomic mass is 31.2. The molecule has 230 valence electrons. The van der Waals surface area contributed by atoms with Crippen LogP contribution in [-0.2, 0) is 0 Å². The van der Waals surface area contributed by atoms with Crippen LogP contribution < -0.4 is 4.52 Å². The fourth-order valence-electron chi connectivity index (χ4n) is 6.71. The molecule has 0 aromatic heterocycles. The monoisotopic (exact) mass is 638 g/mol. The molecule has 8 aromatic rings. The molecule has 0 saturated carbocycles. The van der Waals surface area contributed by atoms with Crippen molar-refractivity contribution in [3.05, 3.63) is 176 Å². The molecule has 0 fully saturated rings. The fraction of sp³-hybridized carbons (Fsp3) is 0. The van der Waals surface area contributed by atoms with E-state index in [1.165, 1.54) is 0 Å². The molecule has 0 heterocycles. The van der Waals surface area contributed by atoms with E-state index >= 15 is 0 Å². The lowest BCUT2D eigenvalue weighted by atomic mass is 9.84. The quantitative estimate of drug-likeness (QED) is 0.171. The van der Waals surface area contributed by atoms with E-state index in [1.807, 2.05) is 36.4 Å². The number of rotatable bonds is 7. The Morgan fingerprint density at radius 3 is 1.65 bits per heavy atom. The maximum absolute atomic E-state index is 10.1. The minimum absolute atomic E-state index is 0.417. The maximum atomic E-state index is 10.1. The molecule has 0 bridgehead atoms. The largest absolute Gasteiger partial charge is 0.426 e. The van der Waals surface area contributed by atoms with Gasteiger partial charge in [-0.1, -0.05) is 140 Å². The van der Waals surface area contributed by atoms with Crippen LogP contribution in [0.1, 0.15) is 0 Å². The van der Waals surface area contributed by atoms with Crippen LogP contribution in [0.2, 0.25) is 0 Å². The highest BCUT2D eigenvalue weighted by Gasteiger charge is 2.21. The number of fused-ring (bicyclic) bond motifs is 2. The topological polar surface area (TPSA) is 49.7 Å². The summed E-state index contributed by atoms with van der Waals surface area (Å²) in [6.07, 6.45) is 0. The first kappa shape index (κ1) is 29.8. The van der Waals surface area contributed by atoms with Crippen LogP contribution in [0.3, 0.4) is 0 Å². The maximum Gasteiger partial charge on any atom is 0.391 e. The Labute approximate surface area is 281 Å². The summed E-state index contributed by atoms with van der Waals surface area (Å²) in [4.78, 5) is 20.1. The van der Waals surface area contributed by atoms with Gasteiger partial charge in [-0.2, -0.15) is 0 Å². The average molecular weight is 639 g/mol. The van der Waals surface area contributed by atoms with Crippen LogP contribution in [0.15, 0.2) is 176 Å². The molecule has 2 N–H and O–H groups in total. The van der Waals surface area contributed by atoms with Crippen molar-refractivity contribution >= 4 is 30.1 Å². The van der Waals surface area contributed by atoms with Gasteiger partial charge in [-0.25, -0.2) is 0 Å². The fourth-order valence-corrected chi connectivity index (χ4v) is 7.04. The Bertz CT molecular complexity index is 2390. The molecule has 8 aromatic carbocycles. The van der Waals surface area contributed by atoms with Crippen molar-refractivity contribution in [1.29, 1.82) is 0 Å². The molecule has 4 heteroatoms. The van der Waals surface area contributed by atoms with E-state index in [0.29, 0.717) is 5.75 Å². The molecule has 8 rings (SSSR count). The molecule has 0 saturated heterocycles. The van der Waals surface area contributed by atoms with E-state index in [1.54, 1.807) is 6.07 Å². The zero-order chi connectivity index (χ0) is 32.5. The van der Waals surface area contributed by atoms with Gasteiger partial charge in [0.2, 0.25) is 0 Å². The predicted octanol–water partition coefficient (Wildman–Crippen LogP) is 11.9. The molecular formula is C44H31O3P. The van der Waals surface area contributed by atoms with Gasteiger partial charge < -0.3 is 14.3 Å². The molecule has 0 aliphatic heterocycles. The second kappa shape index (κ2) is 12.9. The molecule has 0 unspecified atom stereocenters. The summed E-state index contributed by atoms with van der Waals surface area (Å²) in [6.45, 7) is 0. The molecule has 0 aliphatic carbocycles. The van der Waals surface area contributed by atoms with E-state index in [-0.39, 0.29) is 0 Å². The average Bonchev–Trinajstić information content (AvgIpc) is 3.14. The number of hydrogen-bond donors (Lipinski definition) is 2. The third-order valence-corrected chi connectivity index (χ3v) is 9.26. The van der Waals surface area contributed by atoms with Crippen LogP contribution in [0, 0.1) is 0 Å². The summed E-state index contributed by atoms with van der Waals surface area (Å²) < 4.78 is 5.74. The van der Waals surface area contributed by atoms with Crippen LogP contribution in [0.4, 0.5) is 0 Å². The summed E-state index contributed by atoms with van der Waals surface area (Å²) in [7, 11) is -2.64. The third-order valence-electron chi connectivity index (χ3n) is 8.90. The van der Waals surface area contributed by atoms with Crippen LogP contribution in [-0.4, -0.2) is 9.79 Å². The molecule has 0 spiro atoms. The van der Waals surface area contributed by atoms with Gasteiger partial charge >= 0.3 is 8.60 Å². The predicted molar refractivity (Wildman–Crippen MR) is 201 cm³/mol.